The van der Waals surface area contributed by atoms with Crippen LogP contribution in [0.5, 0.6) is 0 Å². The van der Waals surface area contributed by atoms with Crippen molar-refractivity contribution in [3.63, 3.8) is 0 Å². The lowest BCUT2D eigenvalue weighted by Gasteiger charge is -2.32. The van der Waals surface area contributed by atoms with Crippen LogP contribution in [0.1, 0.15) is 0 Å². The molecule has 1 saturated heterocycles. The van der Waals surface area contributed by atoms with Crippen LogP contribution in [0, 0.1) is 0 Å². The van der Waals surface area contributed by atoms with Gasteiger partial charge in [0.25, 0.3) is 0 Å². The summed E-state index contributed by atoms with van der Waals surface area (Å²) in [6.45, 7) is 4.28. The number of nitrogens with one attached hydrogen (secondary N) is 1. The number of anilines is 2. The fourth-order valence-corrected chi connectivity index (χ4v) is 2.25. The third kappa shape index (κ3) is 1.82. The van der Waals surface area contributed by atoms with E-state index in [4.69, 9.17) is 5.73 Å². The minimum absolute atomic E-state index is 0.784. The number of rotatable bonds is 1. The van der Waals surface area contributed by atoms with Gasteiger partial charge >= 0.3 is 0 Å². The van der Waals surface area contributed by atoms with Crippen molar-refractivity contribution in [2.75, 3.05) is 43.9 Å². The van der Waals surface area contributed by atoms with Crippen molar-refractivity contribution in [3.05, 3.63) is 18.3 Å². The number of nitrogen functional groups attached to an aromatic ring is 1. The Hall–Kier alpha value is -1.75. The van der Waals surface area contributed by atoms with Crippen LogP contribution in [0.3, 0.4) is 0 Å². The molecule has 1 aliphatic heterocycles. The van der Waals surface area contributed by atoms with E-state index in [9.17, 15) is 0 Å². The first kappa shape index (κ1) is 10.4. The number of piperazine rings is 1. The van der Waals surface area contributed by atoms with Crippen molar-refractivity contribution < 1.29 is 0 Å². The van der Waals surface area contributed by atoms with Gasteiger partial charge in [0.1, 0.15) is 11.5 Å². The molecule has 0 atom stereocenters. The van der Waals surface area contributed by atoms with Crippen LogP contribution in [0.4, 0.5) is 11.5 Å². The van der Waals surface area contributed by atoms with Crippen molar-refractivity contribution >= 4 is 22.5 Å². The Balaban J connectivity index is 1.93. The van der Waals surface area contributed by atoms with E-state index in [0.29, 0.717) is 0 Å². The molecular formula is C12H17N5. The Bertz CT molecular complexity index is 525. The number of H-pyrrole nitrogens is 1. The molecule has 5 nitrogen and oxygen atoms in total. The zero-order valence-electron chi connectivity index (χ0n) is 9.98. The third-order valence-electron chi connectivity index (χ3n) is 3.40. The Morgan fingerprint density at radius 1 is 1.29 bits per heavy atom. The smallest absolute Gasteiger partial charge is 0.140 e. The Morgan fingerprint density at radius 2 is 2.06 bits per heavy atom. The summed E-state index contributed by atoms with van der Waals surface area (Å²) in [5, 5.41) is 1.02. The van der Waals surface area contributed by atoms with Crippen molar-refractivity contribution in [1.82, 2.24) is 14.9 Å². The van der Waals surface area contributed by atoms with Gasteiger partial charge in [-0.15, -0.1) is 0 Å². The summed E-state index contributed by atoms with van der Waals surface area (Å²) in [6.07, 6.45) is 1.74. The van der Waals surface area contributed by atoms with Crippen LogP contribution < -0.4 is 10.6 Å². The van der Waals surface area contributed by atoms with Gasteiger partial charge in [-0.2, -0.15) is 0 Å². The van der Waals surface area contributed by atoms with Gasteiger partial charge in [-0.05, 0) is 19.2 Å². The molecule has 5 heteroatoms. The van der Waals surface area contributed by atoms with Crippen molar-refractivity contribution in [2.24, 2.45) is 0 Å². The van der Waals surface area contributed by atoms with Gasteiger partial charge in [0.05, 0.1) is 0 Å². The average molecular weight is 231 g/mol. The first-order chi connectivity index (χ1) is 8.24. The lowest BCUT2D eigenvalue weighted by molar-refractivity contribution is 0.312. The second kappa shape index (κ2) is 3.92. The predicted octanol–water partition coefficient (Wildman–Crippen LogP) is 0.897. The predicted molar refractivity (Wildman–Crippen MR) is 70.2 cm³/mol. The van der Waals surface area contributed by atoms with E-state index in [-0.39, 0.29) is 0 Å². The quantitative estimate of drug-likeness (QED) is 0.765. The summed E-state index contributed by atoms with van der Waals surface area (Å²) in [4.78, 5) is 12.3. The lowest BCUT2D eigenvalue weighted by Crippen LogP contribution is -2.44. The van der Waals surface area contributed by atoms with E-state index in [2.05, 4.69) is 32.9 Å². The number of hydrogen-bond donors (Lipinski definition) is 2. The molecule has 90 valence electrons. The topological polar surface area (TPSA) is 61.2 Å². The molecule has 0 radical (unpaired) electrons. The van der Waals surface area contributed by atoms with Crippen molar-refractivity contribution in [1.29, 1.82) is 0 Å². The van der Waals surface area contributed by atoms with Crippen molar-refractivity contribution in [3.8, 4) is 0 Å². The highest BCUT2D eigenvalue weighted by Gasteiger charge is 2.16. The standard InChI is InChI=1S/C12H17N5/c1-16-4-6-17(7-5-16)11-8-9-10(13)2-3-14-12(9)15-11/h2-3,8H,4-7H2,1H3,(H3,13,14,15). The van der Waals surface area contributed by atoms with Crippen LogP contribution in [0.25, 0.3) is 11.0 Å². The maximum absolute atomic E-state index is 5.93. The van der Waals surface area contributed by atoms with E-state index in [1.807, 2.05) is 6.07 Å². The normalized spacial score (nSPS) is 17.8. The molecule has 3 N–H and O–H groups in total. The molecule has 2 aromatic rings. The SMILES string of the molecule is CN1CCN(c2cc3c(N)ccnc3[nH]2)CC1. The number of pyridine rings is 1. The second-order valence-corrected chi connectivity index (χ2v) is 4.61. The highest BCUT2D eigenvalue weighted by atomic mass is 15.3. The van der Waals surface area contributed by atoms with Gasteiger partial charge in [0.15, 0.2) is 0 Å². The van der Waals surface area contributed by atoms with Gasteiger partial charge in [0.2, 0.25) is 0 Å². The summed E-state index contributed by atoms with van der Waals surface area (Å²) in [5.74, 6) is 1.12. The molecule has 0 unspecified atom stereocenters. The second-order valence-electron chi connectivity index (χ2n) is 4.61. The van der Waals surface area contributed by atoms with Crippen LogP contribution >= 0.6 is 0 Å². The summed E-state index contributed by atoms with van der Waals surface area (Å²) in [7, 11) is 2.15. The van der Waals surface area contributed by atoms with E-state index in [1.54, 1.807) is 6.20 Å². The monoisotopic (exact) mass is 231 g/mol. The molecular weight excluding hydrogens is 214 g/mol. The number of nitrogens with two attached hydrogens (primary N) is 1. The summed E-state index contributed by atoms with van der Waals surface area (Å²) >= 11 is 0. The number of aromatic amines is 1. The van der Waals surface area contributed by atoms with Gasteiger partial charge in [0, 0.05) is 43.4 Å². The van der Waals surface area contributed by atoms with E-state index >= 15 is 0 Å². The number of nitrogens with zero attached hydrogens (tertiary/aromatic N) is 3. The van der Waals surface area contributed by atoms with Crippen LogP contribution in [0.2, 0.25) is 0 Å². The number of fused-ring (bicyclic) bond motifs is 1. The van der Waals surface area contributed by atoms with Gasteiger partial charge in [-0.1, -0.05) is 0 Å². The highest BCUT2D eigenvalue weighted by Crippen LogP contribution is 2.25. The molecule has 0 bridgehead atoms. The maximum Gasteiger partial charge on any atom is 0.140 e. The Labute approximate surface area is 100 Å². The first-order valence-electron chi connectivity index (χ1n) is 5.91. The van der Waals surface area contributed by atoms with Crippen LogP contribution in [-0.4, -0.2) is 48.1 Å². The Kier molecular flexibility index (Phi) is 2.40. The summed E-state index contributed by atoms with van der Waals surface area (Å²) in [5.41, 5.74) is 7.59. The van der Waals surface area contributed by atoms with Crippen LogP contribution in [0.15, 0.2) is 18.3 Å². The molecule has 1 fully saturated rings. The molecule has 1 aliphatic rings. The molecule has 0 spiro atoms. The van der Waals surface area contributed by atoms with Gasteiger partial charge in [-0.3, -0.25) is 0 Å². The number of aromatic nitrogens is 2. The molecule has 3 heterocycles. The third-order valence-corrected chi connectivity index (χ3v) is 3.40. The fraction of sp³-hybridized carbons (Fsp3) is 0.417. The van der Waals surface area contributed by atoms with E-state index in [0.717, 1.165) is 48.7 Å². The minimum Gasteiger partial charge on any atom is -0.398 e. The number of likely N-dealkylation sites (N-methyl/N-ethyl adjacent to an activating group) is 1. The molecule has 0 saturated carbocycles. The summed E-state index contributed by atoms with van der Waals surface area (Å²) < 4.78 is 0. The summed E-state index contributed by atoms with van der Waals surface area (Å²) in [6, 6.07) is 3.94. The highest BCUT2D eigenvalue weighted by molar-refractivity contribution is 5.91. The molecule has 2 aromatic heterocycles. The van der Waals surface area contributed by atoms with Gasteiger partial charge in [-0.25, -0.2) is 4.98 Å². The molecule has 17 heavy (non-hydrogen) atoms. The average Bonchev–Trinajstić information content (AvgIpc) is 2.75. The fourth-order valence-electron chi connectivity index (χ4n) is 2.25. The minimum atomic E-state index is 0.784. The first-order valence-corrected chi connectivity index (χ1v) is 5.91. The van der Waals surface area contributed by atoms with Gasteiger partial charge < -0.3 is 20.5 Å². The van der Waals surface area contributed by atoms with E-state index in [1.165, 1.54) is 0 Å². The molecule has 0 aromatic carbocycles. The van der Waals surface area contributed by atoms with Crippen molar-refractivity contribution in [2.45, 2.75) is 0 Å². The Morgan fingerprint density at radius 3 is 2.76 bits per heavy atom. The molecule has 0 aliphatic carbocycles. The van der Waals surface area contributed by atoms with Crippen LogP contribution in [-0.2, 0) is 0 Å². The molecule has 3 rings (SSSR count). The van der Waals surface area contributed by atoms with E-state index < -0.39 is 0 Å². The zero-order valence-corrected chi connectivity index (χ0v) is 9.98. The number of hydrogen-bond acceptors (Lipinski definition) is 4. The zero-order chi connectivity index (χ0) is 11.8. The maximum atomic E-state index is 5.93. The molecule has 0 amide bonds. The lowest BCUT2D eigenvalue weighted by atomic mass is 10.3. The largest absolute Gasteiger partial charge is 0.398 e.